The summed E-state index contributed by atoms with van der Waals surface area (Å²) in [6.07, 6.45) is 0. The van der Waals surface area contributed by atoms with Gasteiger partial charge < -0.3 is 14.8 Å². The summed E-state index contributed by atoms with van der Waals surface area (Å²) in [7, 11) is 0. The monoisotopic (exact) mass is 442 g/mol. The van der Waals surface area contributed by atoms with Crippen molar-refractivity contribution in [3.8, 4) is 22.9 Å². The molecule has 8 nitrogen and oxygen atoms in total. The summed E-state index contributed by atoms with van der Waals surface area (Å²) >= 11 is 3.49. The number of benzene rings is 2. The number of aromatic nitrogens is 3. The van der Waals surface area contributed by atoms with Crippen LogP contribution in [0.4, 0.5) is 0 Å². The van der Waals surface area contributed by atoms with E-state index in [2.05, 4.69) is 47.3 Å². The van der Waals surface area contributed by atoms with Crippen LogP contribution in [0.25, 0.3) is 11.4 Å². The number of hydrogen-bond acceptors (Lipinski definition) is 7. The molecule has 1 saturated heterocycles. The van der Waals surface area contributed by atoms with Crippen molar-refractivity contribution in [1.82, 2.24) is 31.3 Å². The van der Waals surface area contributed by atoms with Crippen molar-refractivity contribution in [1.29, 1.82) is 0 Å². The maximum absolute atomic E-state index is 5.45. The second-order valence-corrected chi connectivity index (χ2v) is 7.65. The zero-order chi connectivity index (χ0) is 18.9. The molecule has 1 aromatic heterocycles. The quantitative estimate of drug-likeness (QED) is 0.481. The van der Waals surface area contributed by atoms with Crippen molar-refractivity contribution >= 4 is 15.9 Å². The van der Waals surface area contributed by atoms with Crippen LogP contribution in [0, 0.1) is 0 Å². The van der Waals surface area contributed by atoms with Crippen LogP contribution in [0.5, 0.6) is 11.5 Å². The normalized spacial score (nSPS) is 20.6. The molecule has 144 valence electrons. The molecule has 0 radical (unpaired) electrons. The molecule has 4 N–H and O–H groups in total. The molecule has 2 atom stereocenters. The van der Waals surface area contributed by atoms with Crippen molar-refractivity contribution < 1.29 is 9.47 Å². The lowest BCUT2D eigenvalue weighted by atomic mass is 10.1. The predicted molar refractivity (Wildman–Crippen MR) is 107 cm³/mol. The van der Waals surface area contributed by atoms with E-state index < -0.39 is 0 Å². The summed E-state index contributed by atoms with van der Waals surface area (Å²) in [5.74, 6) is 3.07. The largest absolute Gasteiger partial charge is 0.454 e. The van der Waals surface area contributed by atoms with Gasteiger partial charge in [-0.1, -0.05) is 34.1 Å². The van der Waals surface area contributed by atoms with Gasteiger partial charge in [0.2, 0.25) is 6.79 Å². The van der Waals surface area contributed by atoms with E-state index in [0.29, 0.717) is 12.4 Å². The molecule has 3 heterocycles. The van der Waals surface area contributed by atoms with E-state index >= 15 is 0 Å². The van der Waals surface area contributed by atoms with Crippen molar-refractivity contribution in [3.05, 3.63) is 58.3 Å². The van der Waals surface area contributed by atoms with Crippen molar-refractivity contribution in [2.45, 2.75) is 18.6 Å². The smallest absolute Gasteiger partial charge is 0.231 e. The third kappa shape index (κ3) is 3.49. The minimum atomic E-state index is -0.0117. The van der Waals surface area contributed by atoms with Crippen LogP contribution in [0.2, 0.25) is 0 Å². The molecule has 0 spiro atoms. The van der Waals surface area contributed by atoms with E-state index in [1.54, 1.807) is 0 Å². The summed E-state index contributed by atoms with van der Waals surface area (Å²) in [6.45, 7) is 1.78. The van der Waals surface area contributed by atoms with E-state index in [4.69, 9.17) is 9.47 Å². The maximum atomic E-state index is 5.45. The zero-order valence-electron chi connectivity index (χ0n) is 14.9. The molecule has 0 bridgehead atoms. The lowest BCUT2D eigenvalue weighted by Gasteiger charge is -2.17. The Morgan fingerprint density at radius 3 is 3.00 bits per heavy atom. The van der Waals surface area contributed by atoms with Crippen LogP contribution < -0.4 is 25.6 Å². The molecule has 2 unspecified atom stereocenters. The fourth-order valence-electron chi connectivity index (χ4n) is 3.42. The number of ether oxygens (including phenoxy) is 2. The van der Waals surface area contributed by atoms with Crippen LogP contribution in [0.3, 0.4) is 0 Å². The molecule has 1 fully saturated rings. The zero-order valence-corrected chi connectivity index (χ0v) is 16.5. The van der Waals surface area contributed by atoms with Gasteiger partial charge in [-0.2, -0.15) is 5.10 Å². The van der Waals surface area contributed by atoms with Crippen LogP contribution in [-0.2, 0) is 6.54 Å². The SMILES string of the molecule is Brc1cccc(-c2n[nH]c(C3NNCC3NCc3ccc4c(c3)OCO4)n2)c1. The molecule has 9 heteroatoms. The molecule has 5 rings (SSSR count). The van der Waals surface area contributed by atoms with Crippen molar-refractivity contribution in [3.63, 3.8) is 0 Å². The summed E-state index contributed by atoms with van der Waals surface area (Å²) < 4.78 is 11.8. The van der Waals surface area contributed by atoms with Gasteiger partial charge in [0.25, 0.3) is 0 Å². The standard InChI is InChI=1S/C19H19BrN6O2/c20-13-3-1-2-12(7-13)18-23-19(26-25-18)17-14(9-22-24-17)21-8-11-4-5-15-16(6-11)28-10-27-15/h1-7,14,17,21-22,24H,8-10H2,(H,23,25,26). The van der Waals surface area contributed by atoms with Gasteiger partial charge in [-0.3, -0.25) is 10.5 Å². The molecule has 2 aromatic carbocycles. The Kier molecular flexibility index (Phi) is 4.73. The second kappa shape index (κ2) is 7.51. The molecule has 2 aliphatic heterocycles. The first kappa shape index (κ1) is 17.6. The summed E-state index contributed by atoms with van der Waals surface area (Å²) in [5.41, 5.74) is 8.59. The van der Waals surface area contributed by atoms with E-state index in [0.717, 1.165) is 39.5 Å². The molecule has 0 amide bonds. The highest BCUT2D eigenvalue weighted by Crippen LogP contribution is 2.32. The summed E-state index contributed by atoms with van der Waals surface area (Å²) in [6, 6.07) is 14.1. The second-order valence-electron chi connectivity index (χ2n) is 6.73. The highest BCUT2D eigenvalue weighted by atomic mass is 79.9. The first-order valence-electron chi connectivity index (χ1n) is 9.05. The first-order chi connectivity index (χ1) is 13.8. The van der Waals surface area contributed by atoms with Crippen LogP contribution >= 0.6 is 15.9 Å². The Morgan fingerprint density at radius 1 is 1.14 bits per heavy atom. The van der Waals surface area contributed by atoms with Gasteiger partial charge in [0.1, 0.15) is 5.82 Å². The Hall–Kier alpha value is -2.46. The van der Waals surface area contributed by atoms with Gasteiger partial charge in [-0.25, -0.2) is 10.4 Å². The van der Waals surface area contributed by atoms with Crippen molar-refractivity contribution in [2.24, 2.45) is 0 Å². The number of aromatic amines is 1. The molecule has 3 aromatic rings. The van der Waals surface area contributed by atoms with Gasteiger partial charge in [-0.15, -0.1) is 0 Å². The van der Waals surface area contributed by atoms with Gasteiger partial charge in [0.15, 0.2) is 17.3 Å². The number of H-pyrrole nitrogens is 1. The molecular formula is C19H19BrN6O2. The highest BCUT2D eigenvalue weighted by Gasteiger charge is 2.30. The topological polar surface area (TPSA) is 96.1 Å². The number of fused-ring (bicyclic) bond motifs is 1. The van der Waals surface area contributed by atoms with Crippen molar-refractivity contribution in [2.75, 3.05) is 13.3 Å². The predicted octanol–water partition coefficient (Wildman–Crippen LogP) is 2.27. The van der Waals surface area contributed by atoms with Crippen LogP contribution in [-0.4, -0.2) is 34.6 Å². The minimum absolute atomic E-state index is 0.0117. The molecule has 0 aliphatic carbocycles. The Labute approximate surface area is 170 Å². The third-order valence-electron chi connectivity index (χ3n) is 4.87. The van der Waals surface area contributed by atoms with Gasteiger partial charge >= 0.3 is 0 Å². The number of nitrogens with zero attached hydrogens (tertiary/aromatic N) is 2. The number of rotatable bonds is 5. The summed E-state index contributed by atoms with van der Waals surface area (Å²) in [4.78, 5) is 4.69. The Balaban J connectivity index is 1.28. The average molecular weight is 443 g/mol. The molecular weight excluding hydrogens is 424 g/mol. The lowest BCUT2D eigenvalue weighted by molar-refractivity contribution is 0.174. The number of hydrogen-bond donors (Lipinski definition) is 4. The number of halogens is 1. The van der Waals surface area contributed by atoms with Gasteiger partial charge in [-0.05, 0) is 29.8 Å². The molecule has 0 saturated carbocycles. The minimum Gasteiger partial charge on any atom is -0.454 e. The third-order valence-corrected chi connectivity index (χ3v) is 5.36. The van der Waals surface area contributed by atoms with Gasteiger partial charge in [0, 0.05) is 29.2 Å². The Morgan fingerprint density at radius 2 is 2.07 bits per heavy atom. The van der Waals surface area contributed by atoms with Gasteiger partial charge in [0.05, 0.1) is 6.04 Å². The number of nitrogens with one attached hydrogen (secondary N) is 4. The van der Waals surface area contributed by atoms with E-state index in [1.807, 2.05) is 42.5 Å². The molecule has 28 heavy (non-hydrogen) atoms. The Bertz CT molecular complexity index is 994. The average Bonchev–Trinajstić information content (AvgIpc) is 3.45. The fourth-order valence-corrected chi connectivity index (χ4v) is 3.82. The highest BCUT2D eigenvalue weighted by molar-refractivity contribution is 9.10. The fraction of sp³-hybridized carbons (Fsp3) is 0.263. The van der Waals surface area contributed by atoms with E-state index in [-0.39, 0.29) is 18.9 Å². The van der Waals surface area contributed by atoms with E-state index in [9.17, 15) is 0 Å². The lowest BCUT2D eigenvalue weighted by Crippen LogP contribution is -2.36. The van der Waals surface area contributed by atoms with Crippen LogP contribution in [0.15, 0.2) is 46.9 Å². The molecule has 2 aliphatic rings. The maximum Gasteiger partial charge on any atom is 0.231 e. The first-order valence-corrected chi connectivity index (χ1v) is 9.84. The number of hydrazine groups is 1. The van der Waals surface area contributed by atoms with Crippen LogP contribution in [0.1, 0.15) is 17.4 Å². The summed E-state index contributed by atoms with van der Waals surface area (Å²) in [5, 5.41) is 11.0. The van der Waals surface area contributed by atoms with E-state index in [1.165, 1.54) is 0 Å².